The Hall–Kier alpha value is -3.06. The molecule has 0 radical (unpaired) electrons. The lowest BCUT2D eigenvalue weighted by atomic mass is 10.1. The molecule has 0 fully saturated rings. The zero-order valence-electron chi connectivity index (χ0n) is 15.7. The van der Waals surface area contributed by atoms with Crippen LogP contribution in [-0.2, 0) is 11.2 Å². The van der Waals surface area contributed by atoms with Gasteiger partial charge in [-0.15, -0.1) is 11.3 Å². The SMILES string of the molecule is CN(C)C(=O)c1sc2ccccc2c1OCCOc1ccc(CC(=O)O)cc1. The summed E-state index contributed by atoms with van der Waals surface area (Å²) in [5.74, 6) is 0.261. The van der Waals surface area contributed by atoms with Gasteiger partial charge in [0.15, 0.2) is 5.75 Å². The number of rotatable bonds is 8. The number of fused-ring (bicyclic) bond motifs is 1. The van der Waals surface area contributed by atoms with Crippen LogP contribution in [0, 0.1) is 0 Å². The van der Waals surface area contributed by atoms with E-state index in [0.717, 1.165) is 10.1 Å². The second-order valence-corrected chi connectivity index (χ2v) is 7.42. The first-order valence-corrected chi connectivity index (χ1v) is 9.57. The van der Waals surface area contributed by atoms with Crippen molar-refractivity contribution in [3.8, 4) is 11.5 Å². The van der Waals surface area contributed by atoms with Crippen LogP contribution in [0.2, 0.25) is 0 Å². The highest BCUT2D eigenvalue weighted by atomic mass is 32.1. The molecule has 0 saturated heterocycles. The molecule has 0 bridgehead atoms. The topological polar surface area (TPSA) is 76.1 Å². The van der Waals surface area contributed by atoms with E-state index in [0.29, 0.717) is 28.5 Å². The number of nitrogens with zero attached hydrogens (tertiary/aromatic N) is 1. The number of hydrogen-bond donors (Lipinski definition) is 1. The van der Waals surface area contributed by atoms with Crippen molar-refractivity contribution in [2.24, 2.45) is 0 Å². The van der Waals surface area contributed by atoms with Gasteiger partial charge >= 0.3 is 5.97 Å². The first-order valence-electron chi connectivity index (χ1n) is 8.75. The molecule has 1 heterocycles. The fourth-order valence-electron chi connectivity index (χ4n) is 2.69. The monoisotopic (exact) mass is 399 g/mol. The summed E-state index contributed by atoms with van der Waals surface area (Å²) in [6.07, 6.45) is -0.0166. The average molecular weight is 399 g/mol. The van der Waals surface area contributed by atoms with Gasteiger partial charge in [-0.05, 0) is 29.8 Å². The van der Waals surface area contributed by atoms with E-state index in [4.69, 9.17) is 14.6 Å². The fourth-order valence-corrected chi connectivity index (χ4v) is 3.86. The maximum absolute atomic E-state index is 12.5. The molecule has 0 saturated carbocycles. The minimum Gasteiger partial charge on any atom is -0.490 e. The number of carbonyl (C=O) groups excluding carboxylic acids is 1. The van der Waals surface area contributed by atoms with Crippen molar-refractivity contribution < 1.29 is 24.2 Å². The number of carbonyl (C=O) groups is 2. The van der Waals surface area contributed by atoms with Gasteiger partial charge < -0.3 is 19.5 Å². The van der Waals surface area contributed by atoms with E-state index in [1.807, 2.05) is 24.3 Å². The molecule has 0 aliphatic heterocycles. The molecule has 7 heteroatoms. The van der Waals surface area contributed by atoms with Gasteiger partial charge in [-0.25, -0.2) is 0 Å². The van der Waals surface area contributed by atoms with E-state index in [1.54, 1.807) is 38.4 Å². The zero-order valence-corrected chi connectivity index (χ0v) is 16.5. The Morgan fingerprint density at radius 2 is 1.68 bits per heavy atom. The number of carboxylic acid groups (broad SMARTS) is 1. The van der Waals surface area contributed by atoms with Gasteiger partial charge in [-0.1, -0.05) is 24.3 Å². The summed E-state index contributed by atoms with van der Waals surface area (Å²) in [6.45, 7) is 0.587. The van der Waals surface area contributed by atoms with Crippen molar-refractivity contribution in [2.45, 2.75) is 6.42 Å². The Bertz CT molecular complexity index is 978. The van der Waals surface area contributed by atoms with E-state index in [2.05, 4.69) is 0 Å². The summed E-state index contributed by atoms with van der Waals surface area (Å²) in [4.78, 5) is 25.3. The van der Waals surface area contributed by atoms with Gasteiger partial charge in [0.1, 0.15) is 23.8 Å². The van der Waals surface area contributed by atoms with E-state index in [-0.39, 0.29) is 18.9 Å². The van der Waals surface area contributed by atoms with Crippen molar-refractivity contribution in [1.82, 2.24) is 4.90 Å². The number of amides is 1. The van der Waals surface area contributed by atoms with Crippen LogP contribution in [0.25, 0.3) is 10.1 Å². The Labute approximate surface area is 166 Å². The number of aliphatic carboxylic acids is 1. The minimum atomic E-state index is -0.867. The first kappa shape index (κ1) is 19.7. The van der Waals surface area contributed by atoms with Gasteiger partial charge in [0, 0.05) is 24.2 Å². The normalized spacial score (nSPS) is 10.6. The standard InChI is InChI=1S/C21H21NO5S/c1-22(2)21(25)20-19(16-5-3-4-6-17(16)28-20)27-12-11-26-15-9-7-14(8-10-15)13-18(23)24/h3-10H,11-13H2,1-2H3,(H,23,24). The van der Waals surface area contributed by atoms with Crippen LogP contribution in [0.5, 0.6) is 11.5 Å². The summed E-state index contributed by atoms with van der Waals surface area (Å²) >= 11 is 1.42. The molecule has 0 aliphatic carbocycles. The Morgan fingerprint density at radius 1 is 1.00 bits per heavy atom. The molecule has 0 spiro atoms. The van der Waals surface area contributed by atoms with Crippen LogP contribution in [-0.4, -0.2) is 49.2 Å². The third-order valence-electron chi connectivity index (χ3n) is 4.03. The lowest BCUT2D eigenvalue weighted by molar-refractivity contribution is -0.136. The predicted octanol–water partition coefficient (Wildman–Crippen LogP) is 3.69. The molecule has 2 aromatic carbocycles. The lowest BCUT2D eigenvalue weighted by Crippen LogP contribution is -2.21. The molecular weight excluding hydrogens is 378 g/mol. The van der Waals surface area contributed by atoms with Crippen molar-refractivity contribution in [3.63, 3.8) is 0 Å². The predicted molar refractivity (Wildman–Crippen MR) is 109 cm³/mol. The average Bonchev–Trinajstić information content (AvgIpc) is 3.04. The third-order valence-corrected chi connectivity index (χ3v) is 5.17. The Kier molecular flexibility index (Phi) is 6.16. The molecule has 1 N–H and O–H groups in total. The minimum absolute atomic E-state index is 0.0166. The Balaban J connectivity index is 1.64. The highest BCUT2D eigenvalue weighted by Crippen LogP contribution is 2.38. The fraction of sp³-hybridized carbons (Fsp3) is 0.238. The lowest BCUT2D eigenvalue weighted by Gasteiger charge is -2.12. The molecule has 6 nitrogen and oxygen atoms in total. The van der Waals surface area contributed by atoms with Gasteiger partial charge in [0.05, 0.1) is 6.42 Å². The van der Waals surface area contributed by atoms with Crippen molar-refractivity contribution in [2.75, 3.05) is 27.3 Å². The van der Waals surface area contributed by atoms with Crippen LogP contribution in [0.1, 0.15) is 15.2 Å². The Morgan fingerprint density at radius 3 is 2.36 bits per heavy atom. The van der Waals surface area contributed by atoms with Gasteiger partial charge in [-0.3, -0.25) is 9.59 Å². The molecule has 0 unspecified atom stereocenters. The zero-order chi connectivity index (χ0) is 20.1. The summed E-state index contributed by atoms with van der Waals surface area (Å²) in [6, 6.07) is 14.7. The third kappa shape index (κ3) is 4.61. The van der Waals surface area contributed by atoms with Crippen LogP contribution in [0.15, 0.2) is 48.5 Å². The van der Waals surface area contributed by atoms with Gasteiger partial charge in [0.2, 0.25) is 0 Å². The molecule has 0 atom stereocenters. The first-order chi connectivity index (χ1) is 13.5. The summed E-state index contributed by atoms with van der Waals surface area (Å²) in [7, 11) is 3.43. The summed E-state index contributed by atoms with van der Waals surface area (Å²) in [5, 5.41) is 9.71. The summed E-state index contributed by atoms with van der Waals surface area (Å²) < 4.78 is 12.6. The van der Waals surface area contributed by atoms with E-state index >= 15 is 0 Å². The van der Waals surface area contributed by atoms with Crippen molar-refractivity contribution >= 4 is 33.3 Å². The maximum atomic E-state index is 12.5. The van der Waals surface area contributed by atoms with Gasteiger partial charge in [0.25, 0.3) is 5.91 Å². The highest BCUT2D eigenvalue weighted by Gasteiger charge is 2.21. The molecule has 28 heavy (non-hydrogen) atoms. The second kappa shape index (κ2) is 8.75. The molecule has 0 aliphatic rings. The highest BCUT2D eigenvalue weighted by molar-refractivity contribution is 7.21. The maximum Gasteiger partial charge on any atom is 0.307 e. The number of ether oxygens (including phenoxy) is 2. The molecular formula is C21H21NO5S. The number of hydrogen-bond acceptors (Lipinski definition) is 5. The second-order valence-electron chi connectivity index (χ2n) is 6.37. The van der Waals surface area contributed by atoms with Gasteiger partial charge in [-0.2, -0.15) is 0 Å². The van der Waals surface area contributed by atoms with Crippen molar-refractivity contribution in [1.29, 1.82) is 0 Å². The van der Waals surface area contributed by atoms with Crippen LogP contribution >= 0.6 is 11.3 Å². The van der Waals surface area contributed by atoms with E-state index < -0.39 is 5.97 Å². The molecule has 3 rings (SSSR count). The number of carboxylic acids is 1. The number of benzene rings is 2. The van der Waals surface area contributed by atoms with E-state index in [1.165, 1.54) is 16.2 Å². The van der Waals surface area contributed by atoms with Crippen LogP contribution in [0.4, 0.5) is 0 Å². The molecule has 1 amide bonds. The smallest absolute Gasteiger partial charge is 0.307 e. The molecule has 1 aromatic heterocycles. The van der Waals surface area contributed by atoms with Crippen LogP contribution in [0.3, 0.4) is 0 Å². The molecule has 3 aromatic rings. The number of thiophene rings is 1. The van der Waals surface area contributed by atoms with Crippen LogP contribution < -0.4 is 9.47 Å². The molecule has 146 valence electrons. The van der Waals surface area contributed by atoms with Crippen molar-refractivity contribution in [3.05, 3.63) is 59.0 Å². The summed E-state index contributed by atoms with van der Waals surface area (Å²) in [5.41, 5.74) is 0.715. The quantitative estimate of drug-likeness (QED) is 0.585. The van der Waals surface area contributed by atoms with E-state index in [9.17, 15) is 9.59 Å². The largest absolute Gasteiger partial charge is 0.490 e.